The summed E-state index contributed by atoms with van der Waals surface area (Å²) >= 11 is 1.87. The Balaban J connectivity index is 1.22. The number of furan rings is 1. The molecule has 0 bridgehead atoms. The predicted molar refractivity (Wildman–Crippen MR) is 195 cm³/mol. The monoisotopic (exact) mass is 610 g/mol. The summed E-state index contributed by atoms with van der Waals surface area (Å²) in [7, 11) is 0. The van der Waals surface area contributed by atoms with Crippen molar-refractivity contribution in [2.24, 2.45) is 0 Å². The zero-order valence-electron chi connectivity index (χ0n) is 25.8. The molecular weight excluding hydrogens is 581 g/mol. The van der Waals surface area contributed by atoms with Crippen LogP contribution in [-0.2, 0) is 5.41 Å². The molecule has 9 rings (SSSR count). The highest BCUT2D eigenvalue weighted by Gasteiger charge is 2.24. The van der Waals surface area contributed by atoms with Crippen molar-refractivity contribution in [2.75, 3.05) is 0 Å². The Morgan fingerprint density at radius 1 is 0.587 bits per heavy atom. The highest BCUT2D eigenvalue weighted by Crippen LogP contribution is 2.42. The van der Waals surface area contributed by atoms with Crippen molar-refractivity contribution in [1.82, 2.24) is 9.97 Å². The van der Waals surface area contributed by atoms with E-state index in [1.807, 2.05) is 11.3 Å². The molecule has 3 heterocycles. The molecule has 0 fully saturated rings. The van der Waals surface area contributed by atoms with Crippen molar-refractivity contribution < 1.29 is 4.42 Å². The largest absolute Gasteiger partial charge is 0.452 e. The van der Waals surface area contributed by atoms with Gasteiger partial charge in [-0.1, -0.05) is 124 Å². The van der Waals surface area contributed by atoms with Crippen LogP contribution in [0, 0.1) is 0 Å². The molecule has 6 aromatic carbocycles. The van der Waals surface area contributed by atoms with E-state index in [-0.39, 0.29) is 5.41 Å². The van der Waals surface area contributed by atoms with Gasteiger partial charge in [0.2, 0.25) is 0 Å². The summed E-state index contributed by atoms with van der Waals surface area (Å²) in [6.45, 7) is 6.49. The van der Waals surface area contributed by atoms with Gasteiger partial charge in [-0.15, -0.1) is 11.3 Å². The number of aromatic nitrogens is 2. The molecular formula is C42H30N2OS. The Hall–Kier alpha value is -5.32. The van der Waals surface area contributed by atoms with E-state index in [1.165, 1.54) is 36.7 Å². The number of benzene rings is 6. The molecule has 0 aliphatic rings. The lowest BCUT2D eigenvalue weighted by atomic mass is 9.94. The average Bonchev–Trinajstić information content (AvgIpc) is 3.66. The third-order valence-corrected chi connectivity index (χ3v) is 10.1. The molecule has 3 nitrogen and oxygen atoms in total. The average molecular weight is 611 g/mol. The zero-order valence-corrected chi connectivity index (χ0v) is 26.7. The summed E-state index contributed by atoms with van der Waals surface area (Å²) in [4.78, 5) is 10.3. The fourth-order valence-corrected chi connectivity index (χ4v) is 7.86. The molecule has 0 aliphatic carbocycles. The SMILES string of the molecule is CC(C)(C)c1nc(-c2cccc(-c3cccc(-c4cccc5c4sc4ccccc45)c3)c2)c2oc3ccc4ccccc4c3c2n1. The summed E-state index contributed by atoms with van der Waals surface area (Å²) in [5, 5.41) is 5.98. The van der Waals surface area contributed by atoms with Crippen LogP contribution in [0.3, 0.4) is 0 Å². The van der Waals surface area contributed by atoms with Crippen molar-refractivity contribution in [3.05, 3.63) is 133 Å². The number of hydrogen-bond acceptors (Lipinski definition) is 4. The van der Waals surface area contributed by atoms with E-state index >= 15 is 0 Å². The molecule has 0 saturated carbocycles. The van der Waals surface area contributed by atoms with Crippen molar-refractivity contribution in [3.8, 4) is 33.5 Å². The van der Waals surface area contributed by atoms with Crippen LogP contribution in [0.2, 0.25) is 0 Å². The summed E-state index contributed by atoms with van der Waals surface area (Å²) in [5.41, 5.74) is 8.78. The van der Waals surface area contributed by atoms with Crippen LogP contribution < -0.4 is 0 Å². The maximum Gasteiger partial charge on any atom is 0.180 e. The minimum Gasteiger partial charge on any atom is -0.452 e. The van der Waals surface area contributed by atoms with Crippen molar-refractivity contribution in [3.63, 3.8) is 0 Å². The minimum atomic E-state index is -0.239. The Bertz CT molecular complexity index is 2640. The number of thiophene rings is 1. The fourth-order valence-electron chi connectivity index (χ4n) is 6.63. The first-order valence-electron chi connectivity index (χ1n) is 15.7. The van der Waals surface area contributed by atoms with E-state index < -0.39 is 0 Å². The van der Waals surface area contributed by atoms with E-state index in [2.05, 4.69) is 148 Å². The van der Waals surface area contributed by atoms with E-state index in [0.717, 1.165) is 55.7 Å². The van der Waals surface area contributed by atoms with E-state index in [1.54, 1.807) is 0 Å². The van der Waals surface area contributed by atoms with Gasteiger partial charge in [0.25, 0.3) is 0 Å². The van der Waals surface area contributed by atoms with Gasteiger partial charge in [0.05, 0.1) is 5.39 Å². The van der Waals surface area contributed by atoms with Gasteiger partial charge >= 0.3 is 0 Å². The molecule has 220 valence electrons. The van der Waals surface area contributed by atoms with Crippen molar-refractivity contribution in [1.29, 1.82) is 0 Å². The van der Waals surface area contributed by atoms with Gasteiger partial charge < -0.3 is 4.42 Å². The van der Waals surface area contributed by atoms with Crippen LogP contribution in [-0.4, -0.2) is 9.97 Å². The van der Waals surface area contributed by atoms with Gasteiger partial charge in [0, 0.05) is 31.2 Å². The highest BCUT2D eigenvalue weighted by atomic mass is 32.1. The van der Waals surface area contributed by atoms with Crippen LogP contribution in [0.25, 0.3) is 86.5 Å². The lowest BCUT2D eigenvalue weighted by Crippen LogP contribution is -2.16. The fraction of sp³-hybridized carbons (Fsp3) is 0.0952. The van der Waals surface area contributed by atoms with Gasteiger partial charge in [0.1, 0.15) is 22.6 Å². The Labute approximate surface area is 270 Å². The second kappa shape index (κ2) is 10.1. The molecule has 0 saturated heterocycles. The first kappa shape index (κ1) is 27.0. The summed E-state index contributed by atoms with van der Waals surface area (Å²) in [6, 6.07) is 45.5. The molecule has 0 amide bonds. The topological polar surface area (TPSA) is 38.9 Å². The predicted octanol–water partition coefficient (Wildman–Crippen LogP) is 12.2. The van der Waals surface area contributed by atoms with Crippen LogP contribution >= 0.6 is 11.3 Å². The number of nitrogens with zero attached hydrogens (tertiary/aromatic N) is 2. The first-order valence-corrected chi connectivity index (χ1v) is 16.5. The Kier molecular flexibility index (Phi) is 5.93. The maximum absolute atomic E-state index is 6.58. The highest BCUT2D eigenvalue weighted by molar-refractivity contribution is 7.26. The van der Waals surface area contributed by atoms with Crippen LogP contribution in [0.15, 0.2) is 132 Å². The van der Waals surface area contributed by atoms with Gasteiger partial charge in [-0.25, -0.2) is 9.97 Å². The van der Waals surface area contributed by atoms with Crippen LogP contribution in [0.5, 0.6) is 0 Å². The molecule has 0 atom stereocenters. The van der Waals surface area contributed by atoms with Gasteiger partial charge in [-0.2, -0.15) is 0 Å². The van der Waals surface area contributed by atoms with Crippen LogP contribution in [0.4, 0.5) is 0 Å². The summed E-state index contributed by atoms with van der Waals surface area (Å²) in [5.74, 6) is 0.800. The molecule has 46 heavy (non-hydrogen) atoms. The lowest BCUT2D eigenvalue weighted by Gasteiger charge is -2.18. The second-order valence-electron chi connectivity index (χ2n) is 13.0. The molecule has 3 aromatic heterocycles. The number of rotatable bonds is 3. The molecule has 0 radical (unpaired) electrons. The second-order valence-corrected chi connectivity index (χ2v) is 14.1. The van der Waals surface area contributed by atoms with E-state index in [9.17, 15) is 0 Å². The number of fused-ring (bicyclic) bond motifs is 8. The maximum atomic E-state index is 6.58. The van der Waals surface area contributed by atoms with Crippen LogP contribution in [0.1, 0.15) is 26.6 Å². The van der Waals surface area contributed by atoms with Gasteiger partial charge in [0.15, 0.2) is 5.58 Å². The standard InChI is InChI=1S/C42H30N2OS/c1-42(2,3)41-43-37(39-38(44-41)36-30-16-5-4-11-25(30)21-22-34(36)45-39)29-15-9-13-27(24-29)26-12-8-14-28(23-26)31-18-10-19-33-32-17-6-7-20-35(32)46-40(31)33/h4-24H,1-3H3. The summed E-state index contributed by atoms with van der Waals surface area (Å²) in [6.07, 6.45) is 0. The third-order valence-electron chi connectivity index (χ3n) is 8.92. The van der Waals surface area contributed by atoms with E-state index in [0.29, 0.717) is 0 Å². The smallest absolute Gasteiger partial charge is 0.180 e. The minimum absolute atomic E-state index is 0.239. The number of hydrogen-bond donors (Lipinski definition) is 0. The van der Waals surface area contributed by atoms with Gasteiger partial charge in [-0.3, -0.25) is 0 Å². The molecule has 0 N–H and O–H groups in total. The first-order chi connectivity index (χ1) is 22.4. The van der Waals surface area contributed by atoms with E-state index in [4.69, 9.17) is 14.4 Å². The summed E-state index contributed by atoms with van der Waals surface area (Å²) < 4.78 is 9.22. The lowest BCUT2D eigenvalue weighted by molar-refractivity contribution is 0.547. The van der Waals surface area contributed by atoms with Crippen molar-refractivity contribution in [2.45, 2.75) is 26.2 Å². The Morgan fingerprint density at radius 2 is 1.26 bits per heavy atom. The molecule has 4 heteroatoms. The zero-order chi connectivity index (χ0) is 31.0. The molecule has 0 unspecified atom stereocenters. The quantitative estimate of drug-likeness (QED) is 0.200. The third kappa shape index (κ3) is 4.25. The molecule has 0 aliphatic heterocycles. The van der Waals surface area contributed by atoms with Gasteiger partial charge in [-0.05, 0) is 57.3 Å². The Morgan fingerprint density at radius 3 is 2.09 bits per heavy atom. The normalized spacial score (nSPS) is 12.2. The molecule has 0 spiro atoms. The van der Waals surface area contributed by atoms with Crippen molar-refractivity contribution >= 4 is 64.4 Å². The molecule has 9 aromatic rings.